The van der Waals surface area contributed by atoms with E-state index in [0.29, 0.717) is 11.5 Å². The van der Waals surface area contributed by atoms with Crippen LogP contribution in [0.3, 0.4) is 0 Å². The van der Waals surface area contributed by atoms with Gasteiger partial charge in [-0.3, -0.25) is 4.79 Å². The maximum absolute atomic E-state index is 12.1. The first-order valence-corrected chi connectivity index (χ1v) is 8.97. The number of carbonyl (C=O) groups excluding carboxylic acids is 1. The van der Waals surface area contributed by atoms with Crippen molar-refractivity contribution in [2.45, 2.75) is 26.7 Å². The second-order valence-corrected chi connectivity index (χ2v) is 6.99. The molecular weight excluding hydrogens is 308 g/mol. The predicted molar refractivity (Wildman–Crippen MR) is 95.6 cm³/mol. The van der Waals surface area contributed by atoms with Crippen molar-refractivity contribution in [1.82, 2.24) is 4.90 Å². The van der Waals surface area contributed by atoms with E-state index in [0.717, 1.165) is 35.5 Å². The lowest BCUT2D eigenvalue weighted by Crippen LogP contribution is -2.35. The molecule has 1 fully saturated rings. The molecule has 2 heterocycles. The SMILES string of the molecule is CCOc1ccc(/C=C2\SC(N3CCC(C)CC3)=NC2=O)cc1. The van der Waals surface area contributed by atoms with E-state index in [2.05, 4.69) is 16.8 Å². The van der Waals surface area contributed by atoms with Crippen LogP contribution in [0.15, 0.2) is 34.2 Å². The van der Waals surface area contributed by atoms with Crippen molar-refractivity contribution in [3.8, 4) is 5.75 Å². The molecule has 2 aliphatic rings. The zero-order valence-electron chi connectivity index (χ0n) is 13.6. The van der Waals surface area contributed by atoms with Crippen molar-refractivity contribution in [1.29, 1.82) is 0 Å². The minimum Gasteiger partial charge on any atom is -0.494 e. The lowest BCUT2D eigenvalue weighted by atomic mass is 10.00. The van der Waals surface area contributed by atoms with Gasteiger partial charge in [0.25, 0.3) is 5.91 Å². The summed E-state index contributed by atoms with van der Waals surface area (Å²) in [6.45, 7) is 6.89. The van der Waals surface area contributed by atoms with Crippen molar-refractivity contribution in [2.75, 3.05) is 19.7 Å². The fourth-order valence-electron chi connectivity index (χ4n) is 2.71. The summed E-state index contributed by atoms with van der Waals surface area (Å²) in [5.41, 5.74) is 0.994. The van der Waals surface area contributed by atoms with E-state index in [4.69, 9.17) is 4.74 Å². The number of thioether (sulfide) groups is 1. The average Bonchev–Trinajstić information content (AvgIpc) is 2.91. The van der Waals surface area contributed by atoms with E-state index in [-0.39, 0.29) is 5.91 Å². The van der Waals surface area contributed by atoms with Crippen LogP contribution in [0.2, 0.25) is 0 Å². The third kappa shape index (κ3) is 3.96. The molecule has 2 aliphatic heterocycles. The van der Waals surface area contributed by atoms with E-state index in [1.807, 2.05) is 37.3 Å². The minimum atomic E-state index is -0.127. The normalized spacial score (nSPS) is 21.0. The van der Waals surface area contributed by atoms with E-state index in [1.165, 1.54) is 24.6 Å². The number of ether oxygens (including phenoxy) is 1. The van der Waals surface area contributed by atoms with Gasteiger partial charge in [-0.15, -0.1) is 0 Å². The number of hydrogen-bond acceptors (Lipinski definition) is 4. The summed E-state index contributed by atoms with van der Waals surface area (Å²) in [4.78, 5) is 19.3. The number of amides is 1. The minimum absolute atomic E-state index is 0.127. The summed E-state index contributed by atoms with van der Waals surface area (Å²) in [6.07, 6.45) is 4.25. The molecule has 0 atom stereocenters. The first-order chi connectivity index (χ1) is 11.2. The van der Waals surface area contributed by atoms with Crippen molar-refractivity contribution >= 4 is 28.9 Å². The van der Waals surface area contributed by atoms with Gasteiger partial charge in [-0.05, 0) is 61.2 Å². The fraction of sp³-hybridized carbons (Fsp3) is 0.444. The Morgan fingerprint density at radius 2 is 2.00 bits per heavy atom. The van der Waals surface area contributed by atoms with Gasteiger partial charge in [0.05, 0.1) is 11.5 Å². The second kappa shape index (κ2) is 7.21. The third-order valence-electron chi connectivity index (χ3n) is 4.15. The number of carbonyl (C=O) groups is 1. The quantitative estimate of drug-likeness (QED) is 0.791. The molecule has 1 saturated heterocycles. The molecule has 4 nitrogen and oxygen atoms in total. The summed E-state index contributed by atoms with van der Waals surface area (Å²) in [5.74, 6) is 1.49. The van der Waals surface area contributed by atoms with Crippen molar-refractivity contribution in [3.05, 3.63) is 34.7 Å². The van der Waals surface area contributed by atoms with Gasteiger partial charge >= 0.3 is 0 Å². The van der Waals surface area contributed by atoms with E-state index < -0.39 is 0 Å². The number of hydrogen-bond donors (Lipinski definition) is 0. The Morgan fingerprint density at radius 1 is 1.30 bits per heavy atom. The highest BCUT2D eigenvalue weighted by Gasteiger charge is 2.28. The van der Waals surface area contributed by atoms with Crippen LogP contribution in [-0.4, -0.2) is 35.7 Å². The van der Waals surface area contributed by atoms with Crippen LogP contribution < -0.4 is 4.74 Å². The van der Waals surface area contributed by atoms with E-state index in [1.54, 1.807) is 0 Å². The summed E-state index contributed by atoms with van der Waals surface area (Å²) >= 11 is 1.49. The molecule has 0 spiro atoms. The maximum Gasteiger partial charge on any atom is 0.286 e. The zero-order valence-corrected chi connectivity index (χ0v) is 14.4. The average molecular weight is 330 g/mol. The fourth-order valence-corrected chi connectivity index (χ4v) is 3.68. The molecule has 0 radical (unpaired) electrons. The van der Waals surface area contributed by atoms with Crippen molar-refractivity contribution in [3.63, 3.8) is 0 Å². The Bertz CT molecular complexity index is 629. The van der Waals surface area contributed by atoms with Gasteiger partial charge in [0.15, 0.2) is 5.17 Å². The smallest absolute Gasteiger partial charge is 0.286 e. The molecule has 23 heavy (non-hydrogen) atoms. The molecule has 1 amide bonds. The van der Waals surface area contributed by atoms with Gasteiger partial charge in [0, 0.05) is 13.1 Å². The highest BCUT2D eigenvalue weighted by Crippen LogP contribution is 2.32. The summed E-state index contributed by atoms with van der Waals surface area (Å²) < 4.78 is 5.43. The number of nitrogens with zero attached hydrogens (tertiary/aromatic N) is 2. The van der Waals surface area contributed by atoms with Crippen LogP contribution in [0, 0.1) is 5.92 Å². The first kappa shape index (κ1) is 16.1. The number of rotatable bonds is 3. The zero-order chi connectivity index (χ0) is 16.2. The highest BCUT2D eigenvalue weighted by atomic mass is 32.2. The Balaban J connectivity index is 1.67. The van der Waals surface area contributed by atoms with Gasteiger partial charge < -0.3 is 9.64 Å². The van der Waals surface area contributed by atoms with Crippen LogP contribution in [0.4, 0.5) is 0 Å². The molecule has 3 rings (SSSR count). The Kier molecular flexibility index (Phi) is 5.06. The summed E-state index contributed by atoms with van der Waals surface area (Å²) in [5, 5.41) is 0.860. The number of benzene rings is 1. The molecule has 0 N–H and O–H groups in total. The number of piperidine rings is 1. The van der Waals surface area contributed by atoms with Crippen LogP contribution in [0.1, 0.15) is 32.3 Å². The molecule has 5 heteroatoms. The molecule has 1 aromatic rings. The maximum atomic E-state index is 12.1. The van der Waals surface area contributed by atoms with E-state index in [9.17, 15) is 4.79 Å². The van der Waals surface area contributed by atoms with Crippen LogP contribution in [-0.2, 0) is 4.79 Å². The van der Waals surface area contributed by atoms with E-state index >= 15 is 0 Å². The Hall–Kier alpha value is -1.75. The van der Waals surface area contributed by atoms with Crippen molar-refractivity contribution < 1.29 is 9.53 Å². The molecule has 1 aromatic carbocycles. The van der Waals surface area contributed by atoms with Gasteiger partial charge in [-0.2, -0.15) is 4.99 Å². The van der Waals surface area contributed by atoms with Gasteiger partial charge in [0.2, 0.25) is 0 Å². The number of amidine groups is 1. The van der Waals surface area contributed by atoms with Crippen LogP contribution in [0.25, 0.3) is 6.08 Å². The van der Waals surface area contributed by atoms with Gasteiger partial charge in [-0.1, -0.05) is 19.1 Å². The molecule has 0 saturated carbocycles. The largest absolute Gasteiger partial charge is 0.494 e. The van der Waals surface area contributed by atoms with Gasteiger partial charge in [0.1, 0.15) is 5.75 Å². The number of aliphatic imine (C=N–C) groups is 1. The molecular formula is C18H22N2O2S. The third-order valence-corrected chi connectivity index (χ3v) is 5.20. The lowest BCUT2D eigenvalue weighted by molar-refractivity contribution is -0.113. The second-order valence-electron chi connectivity index (χ2n) is 5.98. The molecule has 0 aromatic heterocycles. The lowest BCUT2D eigenvalue weighted by Gasteiger charge is -2.30. The summed E-state index contributed by atoms with van der Waals surface area (Å²) in [6, 6.07) is 7.78. The molecule has 0 bridgehead atoms. The standard InChI is InChI=1S/C18H22N2O2S/c1-3-22-15-6-4-14(5-7-15)12-16-17(21)19-18(23-16)20-10-8-13(2)9-11-20/h4-7,12-13H,3,8-11H2,1-2H3/b16-12-. The highest BCUT2D eigenvalue weighted by molar-refractivity contribution is 8.18. The Morgan fingerprint density at radius 3 is 2.65 bits per heavy atom. The monoisotopic (exact) mass is 330 g/mol. The molecule has 122 valence electrons. The topological polar surface area (TPSA) is 41.9 Å². The van der Waals surface area contributed by atoms with Crippen LogP contribution in [0.5, 0.6) is 5.75 Å². The Labute approximate surface area is 141 Å². The predicted octanol–water partition coefficient (Wildman–Crippen LogP) is 3.79. The molecule has 0 aliphatic carbocycles. The first-order valence-electron chi connectivity index (χ1n) is 8.16. The molecule has 0 unspecified atom stereocenters. The van der Waals surface area contributed by atoms with Gasteiger partial charge in [-0.25, -0.2) is 0 Å². The number of likely N-dealkylation sites (tertiary alicyclic amines) is 1. The van der Waals surface area contributed by atoms with Crippen molar-refractivity contribution in [2.24, 2.45) is 10.9 Å². The van der Waals surface area contributed by atoms with Crippen LogP contribution >= 0.6 is 11.8 Å². The summed E-state index contributed by atoms with van der Waals surface area (Å²) in [7, 11) is 0.